The third-order valence-electron chi connectivity index (χ3n) is 6.00. The molecule has 0 amide bonds. The van der Waals surface area contributed by atoms with Crippen LogP contribution >= 0.6 is 0 Å². The fraction of sp³-hybridized carbons (Fsp3) is 0.536. The molecule has 0 aliphatic carbocycles. The molecule has 0 aliphatic rings. The van der Waals surface area contributed by atoms with Crippen molar-refractivity contribution < 1.29 is 23.7 Å². The van der Waals surface area contributed by atoms with Gasteiger partial charge in [-0.05, 0) is 54.9 Å². The quantitative estimate of drug-likeness (QED) is 0.158. The third kappa shape index (κ3) is 11.9. The van der Waals surface area contributed by atoms with Crippen LogP contribution in [0.2, 0.25) is 0 Å². The molecule has 0 spiro atoms. The average Bonchev–Trinajstić information content (AvgIpc) is 2.82. The van der Waals surface area contributed by atoms with Gasteiger partial charge in [0, 0.05) is 13.2 Å². The first kappa shape index (κ1) is 26.9. The topological polar surface area (TPSA) is 54.0 Å². The highest BCUT2D eigenvalue weighted by Crippen LogP contribution is 2.30. The molecule has 33 heavy (non-hydrogen) atoms. The van der Waals surface area contributed by atoms with Gasteiger partial charge in [0.05, 0.1) is 26.2 Å². The molecule has 2 aromatic rings. The van der Waals surface area contributed by atoms with E-state index in [0.29, 0.717) is 37.9 Å². The van der Waals surface area contributed by atoms with E-state index in [-0.39, 0.29) is 11.4 Å². The molecule has 182 valence electrons. The van der Waals surface area contributed by atoms with Crippen LogP contribution in [-0.4, -0.2) is 39.0 Å². The number of esters is 1. The molecular weight excluding hydrogens is 416 g/mol. The number of carbonyl (C=O) groups is 1. The predicted octanol–water partition coefficient (Wildman–Crippen LogP) is 6.32. The van der Waals surface area contributed by atoms with Gasteiger partial charge >= 0.3 is 5.97 Å². The van der Waals surface area contributed by atoms with Crippen LogP contribution in [0.15, 0.2) is 60.7 Å². The summed E-state index contributed by atoms with van der Waals surface area (Å²) in [5.41, 5.74) is -0.135. The highest BCUT2D eigenvalue weighted by molar-refractivity contribution is 5.73. The van der Waals surface area contributed by atoms with Crippen LogP contribution in [-0.2, 0) is 14.3 Å². The van der Waals surface area contributed by atoms with Gasteiger partial charge in [-0.1, -0.05) is 63.6 Å². The van der Waals surface area contributed by atoms with E-state index in [9.17, 15) is 4.79 Å². The number of hydrogen-bond donors (Lipinski definition) is 0. The minimum absolute atomic E-state index is 0.135. The monoisotopic (exact) mass is 456 g/mol. The Morgan fingerprint density at radius 3 is 2.03 bits per heavy atom. The van der Waals surface area contributed by atoms with Gasteiger partial charge in [0.1, 0.15) is 11.5 Å². The van der Waals surface area contributed by atoms with Crippen LogP contribution < -0.4 is 9.47 Å². The third-order valence-corrected chi connectivity index (χ3v) is 6.00. The van der Waals surface area contributed by atoms with Crippen LogP contribution in [0.25, 0.3) is 0 Å². The lowest BCUT2D eigenvalue weighted by atomic mass is 9.81. The van der Waals surface area contributed by atoms with Gasteiger partial charge in [0.15, 0.2) is 0 Å². The fourth-order valence-corrected chi connectivity index (χ4v) is 3.36. The summed E-state index contributed by atoms with van der Waals surface area (Å²) in [6.45, 7) is 9.66. The van der Waals surface area contributed by atoms with Gasteiger partial charge in [0.25, 0.3) is 0 Å². The Labute approximate surface area is 199 Å². The molecule has 2 unspecified atom stereocenters. The van der Waals surface area contributed by atoms with E-state index in [1.54, 1.807) is 12.1 Å². The van der Waals surface area contributed by atoms with E-state index in [1.165, 1.54) is 0 Å². The summed E-state index contributed by atoms with van der Waals surface area (Å²) in [6, 6.07) is 19.1. The summed E-state index contributed by atoms with van der Waals surface area (Å²) in [5, 5.41) is 0. The van der Waals surface area contributed by atoms with Crippen molar-refractivity contribution in [3.63, 3.8) is 0 Å². The normalized spacial score (nSPS) is 13.8. The van der Waals surface area contributed by atoms with Crippen molar-refractivity contribution in [2.75, 3.05) is 33.0 Å². The van der Waals surface area contributed by atoms with Gasteiger partial charge < -0.3 is 18.9 Å². The van der Waals surface area contributed by atoms with Crippen molar-refractivity contribution in [3.8, 4) is 11.5 Å². The molecule has 0 aliphatic heterocycles. The second-order valence-corrected chi connectivity index (χ2v) is 8.95. The Balaban J connectivity index is 1.48. The molecule has 2 rings (SSSR count). The van der Waals surface area contributed by atoms with Gasteiger partial charge in [-0.2, -0.15) is 0 Å². The first-order chi connectivity index (χ1) is 16.0. The van der Waals surface area contributed by atoms with Crippen molar-refractivity contribution in [1.82, 2.24) is 0 Å². The molecule has 0 fully saturated rings. The van der Waals surface area contributed by atoms with Gasteiger partial charge in [-0.15, -0.1) is 0 Å². The van der Waals surface area contributed by atoms with Gasteiger partial charge in [-0.25, -0.2) is 0 Å². The summed E-state index contributed by atoms with van der Waals surface area (Å²) >= 11 is 0. The van der Waals surface area contributed by atoms with Crippen molar-refractivity contribution in [3.05, 3.63) is 60.7 Å². The molecular formula is C28H40O5. The zero-order valence-electron chi connectivity index (χ0n) is 20.5. The van der Waals surface area contributed by atoms with Crippen LogP contribution in [0, 0.1) is 11.3 Å². The molecule has 0 bridgehead atoms. The molecule has 2 atom stereocenters. The Morgan fingerprint density at radius 1 is 0.818 bits per heavy atom. The Bertz CT molecular complexity index is 764. The minimum Gasteiger partial charge on any atom is -0.494 e. The summed E-state index contributed by atoms with van der Waals surface area (Å²) in [5.74, 6) is 1.87. The summed E-state index contributed by atoms with van der Waals surface area (Å²) in [7, 11) is 0. The number of rotatable bonds is 17. The van der Waals surface area contributed by atoms with Crippen LogP contribution in [0.4, 0.5) is 0 Å². The number of benzene rings is 2. The maximum atomic E-state index is 12.3. The SMILES string of the molecule is CCC(C)(CCOCCOCCC(C)CCOc1ccccc1)CC(=O)Oc1ccccc1. The summed E-state index contributed by atoms with van der Waals surface area (Å²) < 4.78 is 22.7. The smallest absolute Gasteiger partial charge is 0.311 e. The predicted molar refractivity (Wildman–Crippen MR) is 132 cm³/mol. The van der Waals surface area contributed by atoms with Crippen LogP contribution in [0.3, 0.4) is 0 Å². The van der Waals surface area contributed by atoms with Crippen molar-refractivity contribution in [1.29, 1.82) is 0 Å². The van der Waals surface area contributed by atoms with Crippen LogP contribution in [0.1, 0.15) is 52.9 Å². The van der Waals surface area contributed by atoms with E-state index in [2.05, 4.69) is 20.8 Å². The molecule has 0 saturated heterocycles. The molecule has 0 heterocycles. The lowest BCUT2D eigenvalue weighted by Gasteiger charge is -2.27. The maximum absolute atomic E-state index is 12.3. The van der Waals surface area contributed by atoms with E-state index >= 15 is 0 Å². The number of ether oxygens (including phenoxy) is 4. The fourth-order valence-electron chi connectivity index (χ4n) is 3.36. The largest absolute Gasteiger partial charge is 0.494 e. The van der Waals surface area contributed by atoms with E-state index < -0.39 is 0 Å². The second kappa shape index (κ2) is 15.5. The molecule has 2 aromatic carbocycles. The molecule has 0 N–H and O–H groups in total. The summed E-state index contributed by atoms with van der Waals surface area (Å²) in [4.78, 5) is 12.3. The Kier molecular flexibility index (Phi) is 12.6. The average molecular weight is 457 g/mol. The van der Waals surface area contributed by atoms with E-state index in [1.807, 2.05) is 48.5 Å². The van der Waals surface area contributed by atoms with Crippen molar-refractivity contribution in [2.24, 2.45) is 11.3 Å². The van der Waals surface area contributed by atoms with Crippen molar-refractivity contribution >= 4 is 5.97 Å². The highest BCUT2D eigenvalue weighted by atomic mass is 16.5. The number of hydrogen-bond acceptors (Lipinski definition) is 5. The molecule has 0 saturated carbocycles. The zero-order valence-corrected chi connectivity index (χ0v) is 20.5. The van der Waals surface area contributed by atoms with E-state index in [4.69, 9.17) is 18.9 Å². The highest BCUT2D eigenvalue weighted by Gasteiger charge is 2.26. The number of para-hydroxylation sites is 2. The lowest BCUT2D eigenvalue weighted by Crippen LogP contribution is -2.25. The van der Waals surface area contributed by atoms with E-state index in [0.717, 1.165) is 44.6 Å². The first-order valence-electron chi connectivity index (χ1n) is 12.1. The summed E-state index contributed by atoms with van der Waals surface area (Å²) in [6.07, 6.45) is 4.10. The van der Waals surface area contributed by atoms with Crippen LogP contribution in [0.5, 0.6) is 11.5 Å². The van der Waals surface area contributed by atoms with Crippen molar-refractivity contribution in [2.45, 2.75) is 52.9 Å². The van der Waals surface area contributed by atoms with Gasteiger partial charge in [-0.3, -0.25) is 4.79 Å². The first-order valence-corrected chi connectivity index (χ1v) is 12.1. The van der Waals surface area contributed by atoms with Gasteiger partial charge in [0.2, 0.25) is 0 Å². The molecule has 0 radical (unpaired) electrons. The Hall–Kier alpha value is -2.37. The molecule has 5 heteroatoms. The lowest BCUT2D eigenvalue weighted by molar-refractivity contribution is -0.137. The second-order valence-electron chi connectivity index (χ2n) is 8.95. The maximum Gasteiger partial charge on any atom is 0.311 e. The Morgan fingerprint density at radius 2 is 1.39 bits per heavy atom. The molecule has 5 nitrogen and oxygen atoms in total. The zero-order chi connectivity index (χ0) is 23.8. The standard InChI is InChI=1S/C28H40O5/c1-4-28(3,23-27(29)33-26-13-9-6-10-14-26)17-20-31-22-21-30-18-15-24(2)16-19-32-25-11-7-5-8-12-25/h5-14,24H,4,15-23H2,1-3H3. The number of carbonyl (C=O) groups excluding carboxylic acids is 1. The minimum atomic E-state index is -0.197. The molecule has 0 aromatic heterocycles.